The summed E-state index contributed by atoms with van der Waals surface area (Å²) >= 11 is 0. The summed E-state index contributed by atoms with van der Waals surface area (Å²) in [6, 6.07) is 22.5. The number of carboxylic acids is 1. The predicted octanol–water partition coefficient (Wildman–Crippen LogP) is 4.60. The van der Waals surface area contributed by atoms with Gasteiger partial charge < -0.3 is 5.11 Å². The molecule has 0 saturated heterocycles. The summed E-state index contributed by atoms with van der Waals surface area (Å²) in [6.07, 6.45) is 1.76. The van der Waals surface area contributed by atoms with Crippen molar-refractivity contribution in [2.24, 2.45) is 0 Å². The maximum Gasteiger partial charge on any atom is 0.335 e. The van der Waals surface area contributed by atoms with Gasteiger partial charge in [0.15, 0.2) is 0 Å². The van der Waals surface area contributed by atoms with E-state index in [2.05, 4.69) is 6.07 Å². The Morgan fingerprint density at radius 2 is 1.57 bits per heavy atom. The van der Waals surface area contributed by atoms with E-state index in [-0.39, 0.29) is 5.56 Å². The van der Waals surface area contributed by atoms with E-state index in [0.717, 1.165) is 21.9 Å². The van der Waals surface area contributed by atoms with Crippen molar-refractivity contribution in [1.82, 2.24) is 0 Å². The lowest BCUT2D eigenvalue weighted by molar-refractivity contribution is 0.0697. The number of allylic oxidation sites excluding steroid dienone is 1. The molecule has 0 atom stereocenters. The Kier molecular flexibility index (Phi) is 3.90. The molecular formula is C20H13NO2. The molecule has 0 saturated carbocycles. The molecule has 0 aliphatic rings. The van der Waals surface area contributed by atoms with Crippen LogP contribution >= 0.6 is 0 Å². The normalized spacial score (nSPS) is 11.2. The van der Waals surface area contributed by atoms with Gasteiger partial charge >= 0.3 is 5.97 Å². The number of fused-ring (bicyclic) bond motifs is 1. The van der Waals surface area contributed by atoms with Crippen LogP contribution in [-0.2, 0) is 0 Å². The molecule has 0 aromatic heterocycles. The smallest absolute Gasteiger partial charge is 0.335 e. The van der Waals surface area contributed by atoms with Gasteiger partial charge in [-0.2, -0.15) is 5.26 Å². The highest BCUT2D eigenvalue weighted by atomic mass is 16.4. The van der Waals surface area contributed by atoms with Crippen molar-refractivity contribution in [3.05, 3.63) is 83.4 Å². The minimum Gasteiger partial charge on any atom is -0.478 e. The van der Waals surface area contributed by atoms with Gasteiger partial charge in [0.05, 0.1) is 17.2 Å². The summed E-state index contributed by atoms with van der Waals surface area (Å²) in [6.45, 7) is 0. The number of nitriles is 1. The molecule has 0 aliphatic heterocycles. The zero-order valence-corrected chi connectivity index (χ0v) is 12.2. The molecule has 0 fully saturated rings. The van der Waals surface area contributed by atoms with E-state index < -0.39 is 5.97 Å². The predicted molar refractivity (Wildman–Crippen MR) is 90.8 cm³/mol. The fourth-order valence-electron chi connectivity index (χ4n) is 2.43. The Morgan fingerprint density at radius 3 is 2.22 bits per heavy atom. The van der Waals surface area contributed by atoms with E-state index in [0.29, 0.717) is 5.57 Å². The van der Waals surface area contributed by atoms with Crippen molar-refractivity contribution >= 4 is 28.4 Å². The molecule has 3 aromatic carbocycles. The molecule has 23 heavy (non-hydrogen) atoms. The molecule has 3 aromatic rings. The Balaban J connectivity index is 2.00. The maximum absolute atomic E-state index is 10.9. The van der Waals surface area contributed by atoms with Crippen LogP contribution < -0.4 is 0 Å². The van der Waals surface area contributed by atoms with Gasteiger partial charge in [-0.1, -0.05) is 48.5 Å². The molecule has 110 valence electrons. The van der Waals surface area contributed by atoms with Crippen LogP contribution in [0, 0.1) is 11.3 Å². The van der Waals surface area contributed by atoms with Crippen molar-refractivity contribution < 1.29 is 9.90 Å². The molecule has 0 heterocycles. The Morgan fingerprint density at radius 1 is 0.913 bits per heavy atom. The number of carbonyl (C=O) groups is 1. The second kappa shape index (κ2) is 6.17. The van der Waals surface area contributed by atoms with Crippen molar-refractivity contribution in [1.29, 1.82) is 5.26 Å². The van der Waals surface area contributed by atoms with Crippen molar-refractivity contribution in [2.45, 2.75) is 0 Å². The second-order valence-electron chi connectivity index (χ2n) is 5.16. The van der Waals surface area contributed by atoms with Gasteiger partial charge in [0.25, 0.3) is 0 Å². The fraction of sp³-hybridized carbons (Fsp3) is 0. The summed E-state index contributed by atoms with van der Waals surface area (Å²) in [5.41, 5.74) is 2.40. The second-order valence-corrected chi connectivity index (χ2v) is 5.16. The number of rotatable bonds is 3. The van der Waals surface area contributed by atoms with Gasteiger partial charge in [0.1, 0.15) is 0 Å². The topological polar surface area (TPSA) is 61.1 Å². The van der Waals surface area contributed by atoms with Crippen molar-refractivity contribution in [2.75, 3.05) is 0 Å². The van der Waals surface area contributed by atoms with E-state index in [9.17, 15) is 10.1 Å². The SMILES string of the molecule is N#C/C(=C/c1ccc(C(=O)O)cc1)c1ccc2ccccc2c1. The number of benzene rings is 3. The third-order valence-corrected chi connectivity index (χ3v) is 3.65. The van der Waals surface area contributed by atoms with Gasteiger partial charge in [0, 0.05) is 0 Å². The zero-order chi connectivity index (χ0) is 16.2. The fourth-order valence-corrected chi connectivity index (χ4v) is 2.43. The first-order chi connectivity index (χ1) is 11.2. The van der Waals surface area contributed by atoms with Crippen LogP contribution in [0.25, 0.3) is 22.4 Å². The quantitative estimate of drug-likeness (QED) is 0.568. The number of hydrogen-bond donors (Lipinski definition) is 1. The molecular weight excluding hydrogens is 286 g/mol. The average Bonchev–Trinajstić information content (AvgIpc) is 2.59. The number of aromatic carboxylic acids is 1. The van der Waals surface area contributed by atoms with Gasteiger partial charge in [0.2, 0.25) is 0 Å². The summed E-state index contributed by atoms with van der Waals surface area (Å²) in [5.74, 6) is -0.962. The first kappa shape index (κ1) is 14.6. The lowest BCUT2D eigenvalue weighted by atomic mass is 10.00. The molecule has 3 rings (SSSR count). The summed E-state index contributed by atoms with van der Waals surface area (Å²) < 4.78 is 0. The van der Waals surface area contributed by atoms with E-state index >= 15 is 0 Å². The van der Waals surface area contributed by atoms with Crippen molar-refractivity contribution in [3.63, 3.8) is 0 Å². The van der Waals surface area contributed by atoms with Gasteiger partial charge in [-0.25, -0.2) is 4.79 Å². The first-order valence-electron chi connectivity index (χ1n) is 7.12. The lowest BCUT2D eigenvalue weighted by Gasteiger charge is -2.03. The van der Waals surface area contributed by atoms with Gasteiger partial charge in [-0.15, -0.1) is 0 Å². The van der Waals surface area contributed by atoms with Crippen LogP contribution in [0.15, 0.2) is 66.7 Å². The van der Waals surface area contributed by atoms with Crippen molar-refractivity contribution in [3.8, 4) is 6.07 Å². The van der Waals surface area contributed by atoms with Crippen LogP contribution in [0.3, 0.4) is 0 Å². The van der Waals surface area contributed by atoms with Crippen LogP contribution in [0.1, 0.15) is 21.5 Å². The van der Waals surface area contributed by atoms with Crippen LogP contribution in [-0.4, -0.2) is 11.1 Å². The third kappa shape index (κ3) is 3.12. The molecule has 0 aliphatic carbocycles. The van der Waals surface area contributed by atoms with Gasteiger partial charge in [-0.3, -0.25) is 0 Å². The Hall–Kier alpha value is -3.38. The van der Waals surface area contributed by atoms with E-state index in [1.165, 1.54) is 12.1 Å². The Labute approximate surface area is 133 Å². The van der Waals surface area contributed by atoms with Crippen LogP contribution in [0.2, 0.25) is 0 Å². The molecule has 3 nitrogen and oxygen atoms in total. The summed E-state index contributed by atoms with van der Waals surface area (Å²) in [7, 11) is 0. The number of nitrogens with zero attached hydrogens (tertiary/aromatic N) is 1. The molecule has 1 N–H and O–H groups in total. The highest BCUT2D eigenvalue weighted by Gasteiger charge is 2.04. The van der Waals surface area contributed by atoms with Crippen LogP contribution in [0.4, 0.5) is 0 Å². The highest BCUT2D eigenvalue weighted by molar-refractivity contribution is 5.94. The van der Waals surface area contributed by atoms with E-state index in [1.807, 2.05) is 42.5 Å². The highest BCUT2D eigenvalue weighted by Crippen LogP contribution is 2.23. The average molecular weight is 299 g/mol. The summed E-state index contributed by atoms with van der Waals surface area (Å²) in [4.78, 5) is 10.9. The van der Waals surface area contributed by atoms with Gasteiger partial charge in [-0.05, 0) is 46.2 Å². The molecule has 0 spiro atoms. The molecule has 0 bridgehead atoms. The minimum absolute atomic E-state index is 0.228. The lowest BCUT2D eigenvalue weighted by Crippen LogP contribution is -1.94. The molecule has 0 radical (unpaired) electrons. The third-order valence-electron chi connectivity index (χ3n) is 3.65. The Bertz CT molecular complexity index is 947. The first-order valence-corrected chi connectivity index (χ1v) is 7.12. The number of carboxylic acid groups (broad SMARTS) is 1. The summed E-state index contributed by atoms with van der Waals surface area (Å²) in [5, 5.41) is 20.6. The standard InChI is InChI=1S/C20H13NO2/c21-13-19(11-14-5-7-16(8-6-14)20(22)23)18-10-9-15-3-1-2-4-17(15)12-18/h1-12H,(H,22,23)/b19-11-. The number of hydrogen-bond acceptors (Lipinski definition) is 2. The molecule has 3 heteroatoms. The minimum atomic E-state index is -0.962. The largest absolute Gasteiger partial charge is 0.478 e. The van der Waals surface area contributed by atoms with E-state index in [4.69, 9.17) is 5.11 Å². The van der Waals surface area contributed by atoms with Crippen LogP contribution in [0.5, 0.6) is 0 Å². The molecule has 0 unspecified atom stereocenters. The van der Waals surface area contributed by atoms with E-state index in [1.54, 1.807) is 18.2 Å². The monoisotopic (exact) mass is 299 g/mol. The zero-order valence-electron chi connectivity index (χ0n) is 12.2. The maximum atomic E-state index is 10.9. The molecule has 0 amide bonds.